The fraction of sp³-hybridized carbons (Fsp3) is 0.250. The van der Waals surface area contributed by atoms with Gasteiger partial charge in [0.25, 0.3) is 0 Å². The van der Waals surface area contributed by atoms with E-state index in [1.165, 1.54) is 18.7 Å². The summed E-state index contributed by atoms with van der Waals surface area (Å²) in [6, 6.07) is 0. The average Bonchev–Trinajstić information content (AvgIpc) is 2.55. The highest BCUT2D eigenvalue weighted by Gasteiger charge is 2.20. The van der Waals surface area contributed by atoms with E-state index in [0.717, 1.165) is 0 Å². The molecule has 0 unspecified atom stereocenters. The van der Waals surface area contributed by atoms with Crippen molar-refractivity contribution in [2.75, 3.05) is 0 Å². The van der Waals surface area contributed by atoms with Gasteiger partial charge in [-0.25, -0.2) is 9.97 Å². The van der Waals surface area contributed by atoms with Crippen LogP contribution in [-0.4, -0.2) is 23.0 Å². The number of hydrogen-bond acceptors (Lipinski definition) is 4. The third kappa shape index (κ3) is 1.58. The Bertz CT molecular complexity index is 605. The van der Waals surface area contributed by atoms with Crippen LogP contribution in [0.3, 0.4) is 0 Å². The van der Waals surface area contributed by atoms with E-state index in [2.05, 4.69) is 9.97 Å². The lowest BCUT2D eigenvalue weighted by molar-refractivity contribution is 0.552. The Morgan fingerprint density at radius 3 is 2.87 bits per heavy atom. The molecule has 0 bridgehead atoms. The summed E-state index contributed by atoms with van der Waals surface area (Å²) in [6.45, 7) is 2.33. The lowest BCUT2D eigenvalue weighted by Crippen LogP contribution is -1.93. The molecule has 0 fully saturated rings. The summed E-state index contributed by atoms with van der Waals surface area (Å²) in [4.78, 5) is 7.21. The van der Waals surface area contributed by atoms with Crippen LogP contribution < -0.4 is 0 Å². The largest absolute Gasteiger partial charge is 0.334 e. The van der Waals surface area contributed by atoms with E-state index in [4.69, 9.17) is 0 Å². The van der Waals surface area contributed by atoms with Gasteiger partial charge in [-0.05, 0) is 6.92 Å². The molecule has 0 spiro atoms. The van der Waals surface area contributed by atoms with Crippen LogP contribution in [0.5, 0.6) is 0 Å². The summed E-state index contributed by atoms with van der Waals surface area (Å²) in [5, 5.41) is 0.210. The van der Waals surface area contributed by atoms with Crippen LogP contribution in [0, 0.1) is 0 Å². The van der Waals surface area contributed by atoms with E-state index in [1.807, 2.05) is 6.92 Å². The van der Waals surface area contributed by atoms with Crippen LogP contribution >= 0.6 is 0 Å². The molecule has 80 valence electrons. The highest BCUT2D eigenvalue weighted by molar-refractivity contribution is 7.86. The van der Waals surface area contributed by atoms with Gasteiger partial charge in [0.05, 0.1) is 5.39 Å². The van der Waals surface area contributed by atoms with E-state index in [-0.39, 0.29) is 10.3 Å². The Balaban J connectivity index is 2.88. The highest BCUT2D eigenvalue weighted by Crippen LogP contribution is 2.24. The van der Waals surface area contributed by atoms with Crippen molar-refractivity contribution in [3.8, 4) is 0 Å². The van der Waals surface area contributed by atoms with Crippen molar-refractivity contribution >= 4 is 21.3 Å². The molecule has 2 heterocycles. The van der Waals surface area contributed by atoms with E-state index in [1.54, 1.807) is 4.57 Å². The van der Waals surface area contributed by atoms with Gasteiger partial charge in [-0.3, -0.25) is 0 Å². The number of nitrogens with zero attached hydrogens (tertiary/aromatic N) is 3. The topological polar surface area (TPSA) is 64.8 Å². The van der Waals surface area contributed by atoms with E-state index >= 15 is 0 Å². The Labute approximate surface area is 85.8 Å². The summed E-state index contributed by atoms with van der Waals surface area (Å²) in [6.07, 6.45) is 3.82. The van der Waals surface area contributed by atoms with Gasteiger partial charge in [0, 0.05) is 18.9 Å². The zero-order valence-corrected chi connectivity index (χ0v) is 8.70. The first-order valence-electron chi connectivity index (χ1n) is 4.27. The second kappa shape index (κ2) is 3.27. The summed E-state index contributed by atoms with van der Waals surface area (Å²) in [7, 11) is -4.72. The van der Waals surface area contributed by atoms with Gasteiger partial charge in [-0.1, -0.05) is 0 Å². The maximum atomic E-state index is 12.9. The lowest BCUT2D eigenvalue weighted by atomic mass is 10.4. The average molecular weight is 229 g/mol. The normalized spacial score (nSPS) is 12.1. The Morgan fingerprint density at radius 2 is 2.27 bits per heavy atom. The molecule has 0 atom stereocenters. The molecule has 15 heavy (non-hydrogen) atoms. The van der Waals surface area contributed by atoms with Crippen molar-refractivity contribution in [3.63, 3.8) is 0 Å². The monoisotopic (exact) mass is 229 g/mol. The number of halogens is 1. The summed E-state index contributed by atoms with van der Waals surface area (Å²) in [5.41, 5.74) is 0.420. The molecule has 0 aliphatic heterocycles. The van der Waals surface area contributed by atoms with Crippen molar-refractivity contribution < 1.29 is 12.3 Å². The lowest BCUT2D eigenvalue weighted by Gasteiger charge is -1.96. The first-order chi connectivity index (χ1) is 7.04. The molecule has 7 heteroatoms. The fourth-order valence-corrected chi connectivity index (χ4v) is 2.09. The standard InChI is InChI=1S/C8H8FN3O2S/c1-2-12-4-7(15(9,13)14)6-3-10-5-11-8(6)12/h3-5H,2H2,1H3. The summed E-state index contributed by atoms with van der Waals surface area (Å²) >= 11 is 0. The number of hydrogen-bond donors (Lipinski definition) is 0. The number of aromatic nitrogens is 3. The Hall–Kier alpha value is -1.50. The molecule has 0 aromatic carbocycles. The summed E-state index contributed by atoms with van der Waals surface area (Å²) < 4.78 is 36.1. The van der Waals surface area contributed by atoms with Gasteiger partial charge in [0.15, 0.2) is 0 Å². The zero-order valence-electron chi connectivity index (χ0n) is 7.88. The third-order valence-corrected chi connectivity index (χ3v) is 2.96. The quantitative estimate of drug-likeness (QED) is 0.723. The molecule has 2 aromatic rings. The molecule has 0 amide bonds. The predicted molar refractivity (Wildman–Crippen MR) is 51.5 cm³/mol. The van der Waals surface area contributed by atoms with Gasteiger partial charge in [-0.2, -0.15) is 8.42 Å². The molecule has 0 radical (unpaired) electrons. The zero-order chi connectivity index (χ0) is 11.1. The second-order valence-corrected chi connectivity index (χ2v) is 4.29. The minimum Gasteiger partial charge on any atom is -0.331 e. The Morgan fingerprint density at radius 1 is 1.53 bits per heavy atom. The maximum Gasteiger partial charge on any atom is 0.334 e. The molecule has 2 rings (SSSR count). The minimum atomic E-state index is -4.72. The number of rotatable bonds is 2. The Kier molecular flexibility index (Phi) is 2.18. The molecule has 5 nitrogen and oxygen atoms in total. The van der Waals surface area contributed by atoms with Crippen LogP contribution in [0.4, 0.5) is 3.89 Å². The summed E-state index contributed by atoms with van der Waals surface area (Å²) in [5.74, 6) is 0. The fourth-order valence-electron chi connectivity index (χ4n) is 1.43. The molecule has 2 aromatic heterocycles. The molecule has 0 aliphatic rings. The van der Waals surface area contributed by atoms with Crippen LogP contribution in [0.1, 0.15) is 6.92 Å². The van der Waals surface area contributed by atoms with Crippen LogP contribution in [0.2, 0.25) is 0 Å². The molecule has 0 saturated heterocycles. The SMILES string of the molecule is CCn1cc(S(=O)(=O)F)c2cncnc21. The minimum absolute atomic E-state index is 0.210. The van der Waals surface area contributed by atoms with Gasteiger partial charge in [0.1, 0.15) is 16.9 Å². The third-order valence-electron chi connectivity index (χ3n) is 2.11. The number of fused-ring (bicyclic) bond motifs is 1. The number of aryl methyl sites for hydroxylation is 1. The second-order valence-electron chi connectivity index (χ2n) is 2.98. The van der Waals surface area contributed by atoms with Gasteiger partial charge < -0.3 is 4.57 Å². The van der Waals surface area contributed by atoms with E-state index < -0.39 is 10.2 Å². The molecular weight excluding hydrogens is 221 g/mol. The van der Waals surface area contributed by atoms with Crippen molar-refractivity contribution in [3.05, 3.63) is 18.7 Å². The molecule has 0 N–H and O–H groups in total. The first kappa shape index (κ1) is 10.0. The van der Waals surface area contributed by atoms with Crippen molar-refractivity contribution in [1.82, 2.24) is 14.5 Å². The highest BCUT2D eigenvalue weighted by atomic mass is 32.3. The van der Waals surface area contributed by atoms with Crippen molar-refractivity contribution in [2.24, 2.45) is 0 Å². The van der Waals surface area contributed by atoms with Crippen LogP contribution in [-0.2, 0) is 16.8 Å². The van der Waals surface area contributed by atoms with E-state index in [0.29, 0.717) is 12.2 Å². The smallest absolute Gasteiger partial charge is 0.331 e. The van der Waals surface area contributed by atoms with Crippen molar-refractivity contribution in [2.45, 2.75) is 18.4 Å². The molecule has 0 aliphatic carbocycles. The maximum absolute atomic E-state index is 12.9. The van der Waals surface area contributed by atoms with Crippen molar-refractivity contribution in [1.29, 1.82) is 0 Å². The van der Waals surface area contributed by atoms with Gasteiger partial charge >= 0.3 is 10.2 Å². The molecule has 0 saturated carbocycles. The van der Waals surface area contributed by atoms with Crippen LogP contribution in [0.15, 0.2) is 23.6 Å². The van der Waals surface area contributed by atoms with E-state index in [9.17, 15) is 12.3 Å². The predicted octanol–water partition coefficient (Wildman–Crippen LogP) is 1.11. The van der Waals surface area contributed by atoms with Gasteiger partial charge in [0.2, 0.25) is 0 Å². The first-order valence-corrected chi connectivity index (χ1v) is 5.66. The van der Waals surface area contributed by atoms with Gasteiger partial charge in [-0.15, -0.1) is 3.89 Å². The van der Waals surface area contributed by atoms with Crippen LogP contribution in [0.25, 0.3) is 11.0 Å². The molecular formula is C8H8FN3O2S.